The fourth-order valence-electron chi connectivity index (χ4n) is 0.722. The molecule has 14 heavy (non-hydrogen) atoms. The largest absolute Gasteiger partial charge is 0.480 e. The van der Waals surface area contributed by atoms with E-state index in [-0.39, 0.29) is 0 Å². The van der Waals surface area contributed by atoms with Crippen LogP contribution in [0.15, 0.2) is 0 Å². The molecule has 0 radical (unpaired) electrons. The average molecular weight is 206 g/mol. The van der Waals surface area contributed by atoms with Crippen molar-refractivity contribution in [1.82, 2.24) is 0 Å². The van der Waals surface area contributed by atoms with Gasteiger partial charge in [-0.3, -0.25) is 9.59 Å². The van der Waals surface area contributed by atoms with Gasteiger partial charge in [0.1, 0.15) is 0 Å². The van der Waals surface area contributed by atoms with Crippen molar-refractivity contribution >= 4 is 17.9 Å². The highest BCUT2D eigenvalue weighted by molar-refractivity contribution is 6.04. The highest BCUT2D eigenvalue weighted by atomic mass is 16.4. The Bertz CT molecular complexity index is 276. The molecule has 0 saturated carbocycles. The Hall–Kier alpha value is -1.63. The summed E-state index contributed by atoms with van der Waals surface area (Å²) in [7, 11) is 0. The van der Waals surface area contributed by atoms with Gasteiger partial charge in [-0.2, -0.15) is 0 Å². The molecule has 0 aliphatic carbocycles. The van der Waals surface area contributed by atoms with E-state index in [0.717, 1.165) is 0 Å². The molecule has 0 heterocycles. The van der Waals surface area contributed by atoms with E-state index in [1.807, 2.05) is 0 Å². The molecule has 1 unspecified atom stereocenters. The molecule has 0 rings (SSSR count). The summed E-state index contributed by atoms with van der Waals surface area (Å²) in [6.45, 7) is 1.25. The van der Waals surface area contributed by atoms with Crippen LogP contribution in [0.25, 0.3) is 0 Å². The fraction of sp³-hybridized carbons (Fsp3) is 0.571. The molecule has 0 aromatic rings. The van der Waals surface area contributed by atoms with Crippen LogP contribution in [0.4, 0.5) is 0 Å². The van der Waals surface area contributed by atoms with Crippen LogP contribution < -0.4 is 0 Å². The molecule has 0 aliphatic rings. The summed E-state index contributed by atoms with van der Waals surface area (Å²) in [6, 6.07) is 0. The lowest BCUT2D eigenvalue weighted by molar-refractivity contribution is -0.194. The lowest BCUT2D eigenvalue weighted by Crippen LogP contribution is -2.58. The Morgan fingerprint density at radius 2 is 1.14 bits per heavy atom. The van der Waals surface area contributed by atoms with Crippen LogP contribution in [0.5, 0.6) is 0 Å². The molecule has 0 spiro atoms. The van der Waals surface area contributed by atoms with Crippen LogP contribution in [-0.4, -0.2) is 43.9 Å². The van der Waals surface area contributed by atoms with Crippen LogP contribution in [0.1, 0.15) is 13.8 Å². The second kappa shape index (κ2) is 3.26. The maximum absolute atomic E-state index is 10.6. The molecule has 0 bridgehead atoms. The van der Waals surface area contributed by atoms with Crippen molar-refractivity contribution in [3.05, 3.63) is 0 Å². The van der Waals surface area contributed by atoms with E-state index in [2.05, 4.69) is 0 Å². The SMILES string of the molecule is CC(O)(C(=O)O)C(C)(C(=O)O)C(=O)O. The molecule has 0 amide bonds. The average Bonchev–Trinajstić information content (AvgIpc) is 2.01. The molecular formula is C7H10O7. The summed E-state index contributed by atoms with van der Waals surface area (Å²) < 4.78 is 0. The molecule has 4 N–H and O–H groups in total. The standard InChI is InChI=1S/C7H10O7/c1-6(3(8)9,4(10)11)7(2,14)5(12)13/h14H,1-2H3,(H,8,9)(H,10,11)(H,12,13). The first-order valence-corrected chi connectivity index (χ1v) is 3.51. The summed E-state index contributed by atoms with van der Waals surface area (Å²) in [5.41, 5.74) is -5.68. The molecule has 0 aliphatic heterocycles. The van der Waals surface area contributed by atoms with Crippen molar-refractivity contribution in [3.63, 3.8) is 0 Å². The first-order valence-electron chi connectivity index (χ1n) is 3.51. The summed E-state index contributed by atoms with van der Waals surface area (Å²) in [5, 5.41) is 35.0. The molecule has 7 nitrogen and oxygen atoms in total. The minimum Gasteiger partial charge on any atom is -0.480 e. The van der Waals surface area contributed by atoms with Gasteiger partial charge in [0.15, 0.2) is 5.60 Å². The predicted octanol–water partition coefficient (Wildman–Crippen LogP) is -1.00. The van der Waals surface area contributed by atoms with E-state index in [1.54, 1.807) is 0 Å². The molecule has 0 aromatic carbocycles. The van der Waals surface area contributed by atoms with E-state index in [0.29, 0.717) is 13.8 Å². The smallest absolute Gasteiger partial charge is 0.337 e. The number of hydrogen-bond donors (Lipinski definition) is 4. The van der Waals surface area contributed by atoms with Crippen LogP contribution >= 0.6 is 0 Å². The van der Waals surface area contributed by atoms with Gasteiger partial charge in [-0.25, -0.2) is 4.79 Å². The van der Waals surface area contributed by atoms with Crippen molar-refractivity contribution in [2.45, 2.75) is 19.4 Å². The third kappa shape index (κ3) is 1.41. The van der Waals surface area contributed by atoms with Crippen molar-refractivity contribution in [3.8, 4) is 0 Å². The number of rotatable bonds is 4. The van der Waals surface area contributed by atoms with Gasteiger partial charge >= 0.3 is 17.9 Å². The van der Waals surface area contributed by atoms with Crippen LogP contribution in [0, 0.1) is 5.41 Å². The molecule has 1 atom stereocenters. The van der Waals surface area contributed by atoms with Crippen molar-refractivity contribution in [1.29, 1.82) is 0 Å². The molecular weight excluding hydrogens is 196 g/mol. The second-order valence-corrected chi connectivity index (χ2v) is 3.11. The number of carboxylic acid groups (broad SMARTS) is 3. The molecule has 80 valence electrons. The first kappa shape index (κ1) is 12.4. The van der Waals surface area contributed by atoms with E-state index in [4.69, 9.17) is 15.3 Å². The van der Waals surface area contributed by atoms with Gasteiger partial charge in [0.25, 0.3) is 0 Å². The Morgan fingerprint density at radius 3 is 1.21 bits per heavy atom. The molecule has 7 heteroatoms. The van der Waals surface area contributed by atoms with E-state index >= 15 is 0 Å². The monoisotopic (exact) mass is 206 g/mol. The summed E-state index contributed by atoms with van der Waals surface area (Å²) in [5.74, 6) is -5.75. The third-order valence-electron chi connectivity index (χ3n) is 2.25. The normalized spacial score (nSPS) is 15.6. The maximum atomic E-state index is 10.6. The van der Waals surface area contributed by atoms with E-state index in [1.165, 1.54) is 0 Å². The van der Waals surface area contributed by atoms with Gasteiger partial charge in [0.05, 0.1) is 0 Å². The summed E-state index contributed by atoms with van der Waals surface area (Å²) in [6.07, 6.45) is 0. The first-order chi connectivity index (χ1) is 6.08. The van der Waals surface area contributed by atoms with E-state index < -0.39 is 28.9 Å². The lowest BCUT2D eigenvalue weighted by atomic mass is 9.74. The number of carboxylic acids is 3. The van der Waals surface area contributed by atoms with Gasteiger partial charge < -0.3 is 20.4 Å². The zero-order valence-electron chi connectivity index (χ0n) is 7.51. The van der Waals surface area contributed by atoms with E-state index in [9.17, 15) is 19.5 Å². The molecule has 0 saturated heterocycles. The summed E-state index contributed by atoms with van der Waals surface area (Å²) in [4.78, 5) is 31.7. The minimum absolute atomic E-state index is 0.623. The zero-order valence-corrected chi connectivity index (χ0v) is 7.51. The predicted molar refractivity (Wildman–Crippen MR) is 41.6 cm³/mol. The Morgan fingerprint density at radius 1 is 0.857 bits per heavy atom. The highest BCUT2D eigenvalue weighted by Crippen LogP contribution is 2.32. The van der Waals surface area contributed by atoms with Gasteiger partial charge in [-0.1, -0.05) is 0 Å². The number of aliphatic hydroxyl groups is 1. The van der Waals surface area contributed by atoms with Crippen LogP contribution in [-0.2, 0) is 14.4 Å². The van der Waals surface area contributed by atoms with Crippen molar-refractivity contribution < 1.29 is 34.8 Å². The third-order valence-corrected chi connectivity index (χ3v) is 2.25. The van der Waals surface area contributed by atoms with Gasteiger partial charge in [0, 0.05) is 0 Å². The number of hydrogen-bond acceptors (Lipinski definition) is 4. The Kier molecular flexibility index (Phi) is 2.88. The van der Waals surface area contributed by atoms with Crippen molar-refractivity contribution in [2.24, 2.45) is 5.41 Å². The maximum Gasteiger partial charge on any atom is 0.337 e. The summed E-state index contributed by atoms with van der Waals surface area (Å²) >= 11 is 0. The van der Waals surface area contributed by atoms with Crippen molar-refractivity contribution in [2.75, 3.05) is 0 Å². The molecule has 0 fully saturated rings. The van der Waals surface area contributed by atoms with Gasteiger partial charge in [-0.05, 0) is 13.8 Å². The van der Waals surface area contributed by atoms with Gasteiger partial charge in [-0.15, -0.1) is 0 Å². The second-order valence-electron chi connectivity index (χ2n) is 3.11. The zero-order chi connectivity index (χ0) is 11.7. The lowest BCUT2D eigenvalue weighted by Gasteiger charge is -2.31. The van der Waals surface area contributed by atoms with Crippen LogP contribution in [0.3, 0.4) is 0 Å². The van der Waals surface area contributed by atoms with Crippen LogP contribution in [0.2, 0.25) is 0 Å². The minimum atomic E-state index is -2.88. The van der Waals surface area contributed by atoms with Gasteiger partial charge in [0.2, 0.25) is 5.41 Å². The quantitative estimate of drug-likeness (QED) is 0.433. The topological polar surface area (TPSA) is 132 Å². The number of aliphatic carboxylic acids is 3. The highest BCUT2D eigenvalue weighted by Gasteiger charge is 2.60. The fourth-order valence-corrected chi connectivity index (χ4v) is 0.722. The Balaban J connectivity index is 5.55. The Labute approximate surface area is 78.6 Å². The number of carbonyl (C=O) groups is 3. The molecule has 0 aromatic heterocycles.